The van der Waals surface area contributed by atoms with E-state index in [0.717, 1.165) is 16.0 Å². The van der Waals surface area contributed by atoms with Crippen molar-refractivity contribution in [3.8, 4) is 11.3 Å². The Morgan fingerprint density at radius 2 is 1.91 bits per heavy atom. The van der Waals surface area contributed by atoms with Gasteiger partial charge in [0.05, 0.1) is 12.2 Å². The van der Waals surface area contributed by atoms with E-state index >= 15 is 0 Å². The van der Waals surface area contributed by atoms with E-state index in [1.54, 1.807) is 11.3 Å². The molecule has 0 atom stereocenters. The molecule has 3 rings (SSSR count). The molecule has 1 N–H and O–H groups in total. The van der Waals surface area contributed by atoms with Crippen molar-refractivity contribution in [3.05, 3.63) is 64.0 Å². The van der Waals surface area contributed by atoms with Crippen molar-refractivity contribution in [1.82, 2.24) is 9.97 Å². The number of hydrogen-bond donors (Lipinski definition) is 1. The van der Waals surface area contributed by atoms with E-state index in [1.165, 1.54) is 6.07 Å². The van der Waals surface area contributed by atoms with Crippen LogP contribution in [-0.2, 0) is 6.54 Å². The van der Waals surface area contributed by atoms with Gasteiger partial charge in [0.2, 0.25) is 5.95 Å². The highest BCUT2D eigenvalue weighted by molar-refractivity contribution is 7.09. The quantitative estimate of drug-likeness (QED) is 0.710. The van der Waals surface area contributed by atoms with Crippen LogP contribution in [0.2, 0.25) is 0 Å². The second-order valence-corrected chi connectivity index (χ2v) is 6.13. The first-order valence-electron chi connectivity index (χ1n) is 7.12. The molecule has 0 bridgehead atoms. The van der Waals surface area contributed by atoms with Crippen LogP contribution < -0.4 is 5.32 Å². The first-order valence-corrected chi connectivity index (χ1v) is 8.00. The van der Waals surface area contributed by atoms with Crippen molar-refractivity contribution in [1.29, 1.82) is 0 Å². The highest BCUT2D eigenvalue weighted by Gasteiger charge is 2.14. The number of hydrogen-bond acceptors (Lipinski definition) is 4. The zero-order chi connectivity index (χ0) is 16.2. The van der Waals surface area contributed by atoms with Gasteiger partial charge in [-0.1, -0.05) is 35.9 Å². The van der Waals surface area contributed by atoms with Gasteiger partial charge in [0.25, 0.3) is 6.43 Å². The molecule has 1 aromatic carbocycles. The number of nitrogens with zero attached hydrogens (tertiary/aromatic N) is 2. The SMILES string of the molecule is Cc1ccc(-c2cc(C(F)F)nc(NCc3cccs3)n2)cc1. The lowest BCUT2D eigenvalue weighted by Crippen LogP contribution is -2.05. The van der Waals surface area contributed by atoms with Crippen LogP contribution in [0.25, 0.3) is 11.3 Å². The van der Waals surface area contributed by atoms with Crippen LogP contribution in [0, 0.1) is 6.92 Å². The second-order valence-electron chi connectivity index (χ2n) is 5.10. The average Bonchev–Trinajstić information content (AvgIpc) is 3.07. The minimum atomic E-state index is -2.63. The van der Waals surface area contributed by atoms with Gasteiger partial charge in [-0.3, -0.25) is 0 Å². The zero-order valence-electron chi connectivity index (χ0n) is 12.5. The molecule has 2 aromatic heterocycles. The maximum absolute atomic E-state index is 13.1. The molecule has 0 aliphatic carbocycles. The van der Waals surface area contributed by atoms with Gasteiger partial charge in [-0.2, -0.15) is 0 Å². The fraction of sp³-hybridized carbons (Fsp3) is 0.176. The van der Waals surface area contributed by atoms with Gasteiger partial charge in [0.15, 0.2) is 0 Å². The summed E-state index contributed by atoms with van der Waals surface area (Å²) in [4.78, 5) is 9.36. The van der Waals surface area contributed by atoms with Gasteiger partial charge in [-0.15, -0.1) is 11.3 Å². The fourth-order valence-electron chi connectivity index (χ4n) is 2.11. The Kier molecular flexibility index (Phi) is 4.62. The predicted molar refractivity (Wildman–Crippen MR) is 88.8 cm³/mol. The number of rotatable bonds is 5. The minimum Gasteiger partial charge on any atom is -0.349 e. The average molecular weight is 331 g/mol. The summed E-state index contributed by atoms with van der Waals surface area (Å²) < 4.78 is 26.2. The molecule has 0 saturated carbocycles. The number of alkyl halides is 2. The lowest BCUT2D eigenvalue weighted by Gasteiger charge is -2.09. The molecule has 3 nitrogen and oxygen atoms in total. The number of aryl methyl sites for hydroxylation is 1. The lowest BCUT2D eigenvalue weighted by molar-refractivity contribution is 0.146. The topological polar surface area (TPSA) is 37.8 Å². The van der Waals surface area contributed by atoms with E-state index in [1.807, 2.05) is 48.7 Å². The van der Waals surface area contributed by atoms with Crippen LogP contribution in [0.3, 0.4) is 0 Å². The lowest BCUT2D eigenvalue weighted by atomic mass is 10.1. The van der Waals surface area contributed by atoms with Crippen molar-refractivity contribution in [2.45, 2.75) is 19.9 Å². The molecule has 6 heteroatoms. The molecular formula is C17H15F2N3S. The van der Waals surface area contributed by atoms with E-state index in [9.17, 15) is 8.78 Å². The Bertz CT molecular complexity index is 771. The van der Waals surface area contributed by atoms with Gasteiger partial charge >= 0.3 is 0 Å². The van der Waals surface area contributed by atoms with Crippen LogP contribution >= 0.6 is 11.3 Å². The molecule has 23 heavy (non-hydrogen) atoms. The molecule has 0 amide bonds. The summed E-state index contributed by atoms with van der Waals surface area (Å²) in [5.74, 6) is 0.215. The van der Waals surface area contributed by atoms with Gasteiger partial charge in [0.1, 0.15) is 5.69 Å². The number of nitrogens with one attached hydrogen (secondary N) is 1. The molecule has 0 fully saturated rings. The molecule has 0 unspecified atom stereocenters. The van der Waals surface area contributed by atoms with Gasteiger partial charge in [-0.25, -0.2) is 18.7 Å². The molecule has 118 valence electrons. The summed E-state index contributed by atoms with van der Waals surface area (Å²) in [7, 11) is 0. The van der Waals surface area contributed by atoms with Crippen molar-refractivity contribution < 1.29 is 8.78 Å². The normalized spacial score (nSPS) is 11.0. The number of benzene rings is 1. The van der Waals surface area contributed by atoms with E-state index < -0.39 is 6.43 Å². The highest BCUT2D eigenvalue weighted by Crippen LogP contribution is 2.25. The van der Waals surface area contributed by atoms with Crippen LogP contribution in [0.4, 0.5) is 14.7 Å². The Morgan fingerprint density at radius 3 is 2.57 bits per heavy atom. The zero-order valence-corrected chi connectivity index (χ0v) is 13.3. The maximum atomic E-state index is 13.1. The van der Waals surface area contributed by atoms with Crippen LogP contribution in [0.1, 0.15) is 22.6 Å². The Labute approximate surface area is 137 Å². The summed E-state index contributed by atoms with van der Waals surface area (Å²) in [5, 5.41) is 4.98. The van der Waals surface area contributed by atoms with Gasteiger partial charge in [0, 0.05) is 10.4 Å². The van der Waals surface area contributed by atoms with Crippen LogP contribution in [0.15, 0.2) is 47.8 Å². The molecule has 0 radical (unpaired) electrons. The Balaban J connectivity index is 1.91. The number of aromatic nitrogens is 2. The Morgan fingerprint density at radius 1 is 1.13 bits per heavy atom. The minimum absolute atomic E-state index is 0.215. The Hall–Kier alpha value is -2.34. The molecule has 0 saturated heterocycles. The molecule has 0 spiro atoms. The summed E-state index contributed by atoms with van der Waals surface area (Å²) in [6.07, 6.45) is -2.63. The maximum Gasteiger partial charge on any atom is 0.280 e. The first-order chi connectivity index (χ1) is 11.1. The molecule has 0 aliphatic rings. The number of thiophene rings is 1. The monoisotopic (exact) mass is 331 g/mol. The van der Waals surface area contributed by atoms with Crippen molar-refractivity contribution in [3.63, 3.8) is 0 Å². The summed E-state index contributed by atoms with van der Waals surface area (Å²) in [6.45, 7) is 2.49. The fourth-order valence-corrected chi connectivity index (χ4v) is 2.75. The smallest absolute Gasteiger partial charge is 0.280 e. The third-order valence-electron chi connectivity index (χ3n) is 3.32. The van der Waals surface area contributed by atoms with E-state index in [2.05, 4.69) is 15.3 Å². The third-order valence-corrected chi connectivity index (χ3v) is 4.19. The largest absolute Gasteiger partial charge is 0.349 e. The first kappa shape index (κ1) is 15.6. The number of halogens is 2. The van der Waals surface area contributed by atoms with Gasteiger partial charge < -0.3 is 5.32 Å². The standard InChI is InChI=1S/C17H15F2N3S/c1-11-4-6-12(7-5-11)14-9-15(16(18)19)22-17(21-14)20-10-13-3-2-8-23-13/h2-9,16H,10H2,1H3,(H,20,21,22). The van der Waals surface area contributed by atoms with Gasteiger partial charge in [-0.05, 0) is 24.4 Å². The van der Waals surface area contributed by atoms with E-state index in [4.69, 9.17) is 0 Å². The summed E-state index contributed by atoms with van der Waals surface area (Å²) >= 11 is 1.59. The van der Waals surface area contributed by atoms with Crippen LogP contribution in [0.5, 0.6) is 0 Å². The predicted octanol–water partition coefficient (Wildman–Crippen LogP) is 5.06. The van der Waals surface area contributed by atoms with Crippen LogP contribution in [-0.4, -0.2) is 9.97 Å². The summed E-state index contributed by atoms with van der Waals surface area (Å²) in [5.41, 5.74) is 2.11. The third kappa shape index (κ3) is 3.90. The number of anilines is 1. The molecule has 2 heterocycles. The molecule has 0 aliphatic heterocycles. The second kappa shape index (κ2) is 6.83. The van der Waals surface area contributed by atoms with Crippen molar-refractivity contribution in [2.24, 2.45) is 0 Å². The molecular weight excluding hydrogens is 316 g/mol. The van der Waals surface area contributed by atoms with Crippen molar-refractivity contribution >= 4 is 17.3 Å². The highest BCUT2D eigenvalue weighted by atomic mass is 32.1. The van der Waals surface area contributed by atoms with E-state index in [0.29, 0.717) is 12.2 Å². The van der Waals surface area contributed by atoms with E-state index in [-0.39, 0.29) is 11.6 Å². The van der Waals surface area contributed by atoms with Crippen molar-refractivity contribution in [2.75, 3.05) is 5.32 Å². The summed E-state index contributed by atoms with van der Waals surface area (Å²) in [6, 6.07) is 12.8. The molecule has 3 aromatic rings.